The molecule has 1 aromatic carbocycles. The van der Waals surface area contributed by atoms with Crippen LogP contribution in [0, 0.1) is 11.8 Å². The Bertz CT molecular complexity index is 573. The van der Waals surface area contributed by atoms with E-state index < -0.39 is 0 Å². The molecule has 92 valence electrons. The lowest BCUT2D eigenvalue weighted by atomic mass is 9.95. The Morgan fingerprint density at radius 2 is 2.06 bits per heavy atom. The molecule has 3 unspecified atom stereocenters. The van der Waals surface area contributed by atoms with Crippen molar-refractivity contribution < 1.29 is 0 Å². The second-order valence-corrected chi connectivity index (χ2v) is 5.80. The molecule has 2 saturated carbocycles. The Balaban J connectivity index is 1.67. The van der Waals surface area contributed by atoms with Gasteiger partial charge in [-0.1, -0.05) is 12.5 Å². The zero-order valence-electron chi connectivity index (χ0n) is 10.5. The monoisotopic (exact) mass is 238 g/mol. The number of hydrogen-bond acceptors (Lipinski definition) is 2. The zero-order valence-corrected chi connectivity index (χ0v) is 10.5. The first-order chi connectivity index (χ1) is 8.90. The van der Waals surface area contributed by atoms with E-state index in [4.69, 9.17) is 0 Å². The molecule has 3 atom stereocenters. The molecule has 0 radical (unpaired) electrons. The second-order valence-electron chi connectivity index (χ2n) is 5.80. The van der Waals surface area contributed by atoms with Gasteiger partial charge in [0, 0.05) is 23.3 Å². The van der Waals surface area contributed by atoms with E-state index in [2.05, 4.69) is 34.6 Å². The first-order valence-corrected chi connectivity index (χ1v) is 7.00. The van der Waals surface area contributed by atoms with E-state index in [1.165, 1.54) is 36.8 Å². The highest BCUT2D eigenvalue weighted by Crippen LogP contribution is 2.45. The molecule has 2 bridgehead atoms. The molecule has 0 amide bonds. The third-order valence-corrected chi connectivity index (χ3v) is 4.72. The first kappa shape index (κ1) is 10.4. The van der Waals surface area contributed by atoms with Gasteiger partial charge in [0.15, 0.2) is 0 Å². The summed E-state index contributed by atoms with van der Waals surface area (Å²) in [6.07, 6.45) is 7.55. The van der Waals surface area contributed by atoms with Crippen molar-refractivity contribution in [3.05, 3.63) is 36.5 Å². The van der Waals surface area contributed by atoms with Crippen molar-refractivity contribution >= 4 is 16.6 Å². The summed E-state index contributed by atoms with van der Waals surface area (Å²) in [5.74, 6) is 1.89. The molecule has 2 nitrogen and oxygen atoms in total. The van der Waals surface area contributed by atoms with E-state index in [9.17, 15) is 0 Å². The maximum Gasteiger partial charge on any atom is 0.0722 e. The Morgan fingerprint density at radius 1 is 1.06 bits per heavy atom. The van der Waals surface area contributed by atoms with Gasteiger partial charge in [-0.25, -0.2) is 0 Å². The number of benzene rings is 1. The molecule has 0 saturated heterocycles. The third-order valence-electron chi connectivity index (χ3n) is 4.72. The number of fused-ring (bicyclic) bond motifs is 3. The Morgan fingerprint density at radius 3 is 2.89 bits per heavy atom. The number of nitrogens with zero attached hydrogens (tertiary/aromatic N) is 1. The third kappa shape index (κ3) is 1.59. The molecule has 18 heavy (non-hydrogen) atoms. The fraction of sp³-hybridized carbons (Fsp3) is 0.438. The van der Waals surface area contributed by atoms with Gasteiger partial charge in [0.2, 0.25) is 0 Å². The smallest absolute Gasteiger partial charge is 0.0722 e. The maximum absolute atomic E-state index is 4.42. The lowest BCUT2D eigenvalue weighted by Gasteiger charge is -2.24. The van der Waals surface area contributed by atoms with Gasteiger partial charge in [-0.3, -0.25) is 4.98 Å². The predicted octanol–water partition coefficient (Wildman–Crippen LogP) is 3.84. The number of pyridine rings is 1. The number of nitrogens with one attached hydrogen (secondary N) is 1. The van der Waals surface area contributed by atoms with Crippen LogP contribution in [0.4, 0.5) is 5.69 Å². The lowest BCUT2D eigenvalue weighted by molar-refractivity contribution is 0.440. The molecule has 2 heteroatoms. The average molecular weight is 238 g/mol. The molecule has 0 spiro atoms. The predicted molar refractivity (Wildman–Crippen MR) is 74.6 cm³/mol. The summed E-state index contributed by atoms with van der Waals surface area (Å²) in [6.45, 7) is 0. The molecular weight excluding hydrogens is 220 g/mol. The molecule has 2 aliphatic carbocycles. The van der Waals surface area contributed by atoms with Crippen LogP contribution in [-0.4, -0.2) is 11.0 Å². The molecule has 2 aliphatic rings. The molecule has 1 N–H and O–H groups in total. The Labute approximate surface area is 107 Å². The van der Waals surface area contributed by atoms with Crippen LogP contribution in [0.25, 0.3) is 10.9 Å². The fourth-order valence-electron chi connectivity index (χ4n) is 3.85. The van der Waals surface area contributed by atoms with Crippen molar-refractivity contribution in [2.24, 2.45) is 11.8 Å². The van der Waals surface area contributed by atoms with Crippen LogP contribution >= 0.6 is 0 Å². The number of hydrogen-bond donors (Lipinski definition) is 1. The van der Waals surface area contributed by atoms with Gasteiger partial charge in [-0.15, -0.1) is 0 Å². The van der Waals surface area contributed by atoms with Crippen LogP contribution in [0.15, 0.2) is 36.5 Å². The maximum atomic E-state index is 4.42. The SMILES string of the molecule is c1cc(NC2CC3CCC2C3)c2cccnc2c1. The zero-order chi connectivity index (χ0) is 11.9. The van der Waals surface area contributed by atoms with Crippen LogP contribution < -0.4 is 5.32 Å². The highest BCUT2D eigenvalue weighted by atomic mass is 14.9. The first-order valence-electron chi connectivity index (χ1n) is 7.00. The van der Waals surface area contributed by atoms with E-state index in [0.29, 0.717) is 6.04 Å². The number of anilines is 1. The van der Waals surface area contributed by atoms with Crippen molar-refractivity contribution in [1.82, 2.24) is 4.98 Å². The summed E-state index contributed by atoms with van der Waals surface area (Å²) < 4.78 is 0. The van der Waals surface area contributed by atoms with Gasteiger partial charge < -0.3 is 5.32 Å². The van der Waals surface area contributed by atoms with Crippen LogP contribution in [0.2, 0.25) is 0 Å². The van der Waals surface area contributed by atoms with E-state index >= 15 is 0 Å². The summed E-state index contributed by atoms with van der Waals surface area (Å²) in [5, 5.41) is 5.03. The number of aromatic nitrogens is 1. The van der Waals surface area contributed by atoms with Gasteiger partial charge in [0.25, 0.3) is 0 Å². The van der Waals surface area contributed by atoms with Gasteiger partial charge in [0.05, 0.1) is 5.52 Å². The molecule has 0 aliphatic heterocycles. The van der Waals surface area contributed by atoms with Crippen LogP contribution in [-0.2, 0) is 0 Å². The average Bonchev–Trinajstić information content (AvgIpc) is 3.01. The van der Waals surface area contributed by atoms with Gasteiger partial charge in [0.1, 0.15) is 0 Å². The van der Waals surface area contributed by atoms with Crippen LogP contribution in [0.1, 0.15) is 25.7 Å². The summed E-state index contributed by atoms with van der Waals surface area (Å²) in [5.41, 5.74) is 2.35. The quantitative estimate of drug-likeness (QED) is 0.860. The van der Waals surface area contributed by atoms with Crippen molar-refractivity contribution in [3.8, 4) is 0 Å². The molecule has 1 aromatic heterocycles. The minimum atomic E-state index is 0.689. The molecule has 1 heterocycles. The van der Waals surface area contributed by atoms with E-state index in [1.54, 1.807) is 0 Å². The van der Waals surface area contributed by atoms with Crippen LogP contribution in [0.3, 0.4) is 0 Å². The Kier molecular flexibility index (Phi) is 2.29. The highest BCUT2D eigenvalue weighted by molar-refractivity contribution is 5.91. The Hall–Kier alpha value is -1.57. The van der Waals surface area contributed by atoms with Gasteiger partial charge >= 0.3 is 0 Å². The van der Waals surface area contributed by atoms with Crippen LogP contribution in [0.5, 0.6) is 0 Å². The van der Waals surface area contributed by atoms with Gasteiger partial charge in [-0.2, -0.15) is 0 Å². The second kappa shape index (κ2) is 3.98. The summed E-state index contributed by atoms with van der Waals surface area (Å²) in [4.78, 5) is 4.42. The largest absolute Gasteiger partial charge is 0.381 e. The summed E-state index contributed by atoms with van der Waals surface area (Å²) >= 11 is 0. The van der Waals surface area contributed by atoms with Crippen molar-refractivity contribution in [3.63, 3.8) is 0 Å². The minimum Gasteiger partial charge on any atom is -0.381 e. The number of rotatable bonds is 2. The minimum absolute atomic E-state index is 0.689. The lowest BCUT2D eigenvalue weighted by Crippen LogP contribution is -2.25. The standard InChI is InChI=1S/C16H18N2/c1-4-14-13(3-2-8-17-14)15(5-1)18-16-10-11-6-7-12(16)9-11/h1-5,8,11-12,16,18H,6-7,9-10H2. The van der Waals surface area contributed by atoms with Gasteiger partial charge in [-0.05, 0) is 55.4 Å². The summed E-state index contributed by atoms with van der Waals surface area (Å²) in [7, 11) is 0. The summed E-state index contributed by atoms with van der Waals surface area (Å²) in [6, 6.07) is 11.3. The van der Waals surface area contributed by atoms with E-state index in [1.807, 2.05) is 12.3 Å². The molecule has 2 aromatic rings. The van der Waals surface area contributed by atoms with Crippen molar-refractivity contribution in [2.75, 3.05) is 5.32 Å². The highest BCUT2D eigenvalue weighted by Gasteiger charge is 2.39. The van der Waals surface area contributed by atoms with E-state index in [0.717, 1.165) is 17.4 Å². The van der Waals surface area contributed by atoms with Crippen molar-refractivity contribution in [2.45, 2.75) is 31.7 Å². The topological polar surface area (TPSA) is 24.9 Å². The molecule has 4 rings (SSSR count). The molecular formula is C16H18N2. The molecule has 2 fully saturated rings. The normalized spacial score (nSPS) is 29.9. The fourth-order valence-corrected chi connectivity index (χ4v) is 3.85. The van der Waals surface area contributed by atoms with E-state index in [-0.39, 0.29) is 0 Å². The van der Waals surface area contributed by atoms with Crippen molar-refractivity contribution in [1.29, 1.82) is 0 Å².